The minimum atomic E-state index is -0.0847. The zero-order chi connectivity index (χ0) is 39.4. The molecule has 0 N–H and O–H groups in total. The Labute approximate surface area is 341 Å². The van der Waals surface area contributed by atoms with Crippen LogP contribution in [0.3, 0.4) is 0 Å². The first-order valence-electron chi connectivity index (χ1n) is 20.1. The SMILES string of the molecule is CC1(C)c2ccccc2-c2ccc(N(c3ccccc3)c3ccc(N=Nc4ccc(N(c5ccccc5)c5ccc6c(c5)C(C)(C)c5ccccc5-6)cc4)cc3)cc21. The topological polar surface area (TPSA) is 31.2 Å². The molecule has 280 valence electrons. The summed E-state index contributed by atoms with van der Waals surface area (Å²) in [6.07, 6.45) is 0. The van der Waals surface area contributed by atoms with Crippen LogP contribution < -0.4 is 9.80 Å². The van der Waals surface area contributed by atoms with Gasteiger partial charge in [0.25, 0.3) is 0 Å². The predicted octanol–water partition coefficient (Wildman–Crippen LogP) is 15.7. The van der Waals surface area contributed by atoms with Crippen molar-refractivity contribution in [3.8, 4) is 22.3 Å². The van der Waals surface area contributed by atoms with Crippen LogP contribution in [0.1, 0.15) is 49.9 Å². The Morgan fingerprint density at radius 2 is 0.603 bits per heavy atom. The van der Waals surface area contributed by atoms with Crippen LogP contribution in [0, 0.1) is 0 Å². The molecule has 58 heavy (non-hydrogen) atoms. The number of benzene rings is 8. The lowest BCUT2D eigenvalue weighted by molar-refractivity contribution is 0.660. The average molecular weight is 749 g/mol. The van der Waals surface area contributed by atoms with E-state index in [-0.39, 0.29) is 10.8 Å². The number of hydrogen-bond donors (Lipinski definition) is 0. The van der Waals surface area contributed by atoms with Crippen molar-refractivity contribution in [2.24, 2.45) is 10.2 Å². The molecule has 8 aromatic rings. The fourth-order valence-corrected chi connectivity index (χ4v) is 9.16. The molecule has 0 aliphatic heterocycles. The van der Waals surface area contributed by atoms with Gasteiger partial charge in [-0.1, -0.05) is 125 Å². The molecule has 2 aliphatic rings. The summed E-state index contributed by atoms with van der Waals surface area (Å²) in [5.74, 6) is 0. The molecule has 0 fully saturated rings. The summed E-state index contributed by atoms with van der Waals surface area (Å²) in [5, 5.41) is 9.34. The first-order valence-corrected chi connectivity index (χ1v) is 20.1. The van der Waals surface area contributed by atoms with Gasteiger partial charge in [0, 0.05) is 45.0 Å². The highest BCUT2D eigenvalue weighted by molar-refractivity contribution is 5.87. The van der Waals surface area contributed by atoms with E-state index in [4.69, 9.17) is 0 Å². The third-order valence-electron chi connectivity index (χ3n) is 12.2. The van der Waals surface area contributed by atoms with Crippen molar-refractivity contribution in [3.63, 3.8) is 0 Å². The maximum atomic E-state index is 4.67. The second-order valence-corrected chi connectivity index (χ2v) is 16.4. The number of rotatable bonds is 8. The van der Waals surface area contributed by atoms with Crippen LogP contribution in [0.25, 0.3) is 22.3 Å². The molecule has 0 saturated carbocycles. The molecule has 0 heterocycles. The summed E-state index contributed by atoms with van der Waals surface area (Å²) >= 11 is 0. The Bertz CT molecular complexity index is 2620. The molecule has 2 aliphatic carbocycles. The van der Waals surface area contributed by atoms with Gasteiger partial charge in [-0.05, 0) is 142 Å². The molecule has 0 radical (unpaired) electrons. The number of fused-ring (bicyclic) bond motifs is 6. The number of anilines is 6. The molecular weight excluding hydrogens is 705 g/mol. The van der Waals surface area contributed by atoms with Crippen LogP contribution in [-0.4, -0.2) is 0 Å². The molecule has 0 unspecified atom stereocenters. The molecule has 4 nitrogen and oxygen atoms in total. The van der Waals surface area contributed by atoms with Gasteiger partial charge in [0.2, 0.25) is 0 Å². The molecular formula is C54H44N4. The van der Waals surface area contributed by atoms with Gasteiger partial charge in [0.1, 0.15) is 0 Å². The monoisotopic (exact) mass is 748 g/mol. The zero-order valence-corrected chi connectivity index (χ0v) is 33.3. The summed E-state index contributed by atoms with van der Waals surface area (Å²) in [4.78, 5) is 4.64. The Balaban J connectivity index is 0.926. The molecule has 0 amide bonds. The Morgan fingerprint density at radius 3 is 1.00 bits per heavy atom. The van der Waals surface area contributed by atoms with Crippen molar-refractivity contribution in [2.75, 3.05) is 9.80 Å². The van der Waals surface area contributed by atoms with Gasteiger partial charge in [-0.15, -0.1) is 0 Å². The summed E-state index contributed by atoms with van der Waals surface area (Å²) in [6, 6.07) is 69.2. The zero-order valence-electron chi connectivity index (χ0n) is 33.3. The molecule has 0 bridgehead atoms. The van der Waals surface area contributed by atoms with Gasteiger partial charge in [-0.25, -0.2) is 0 Å². The minimum Gasteiger partial charge on any atom is -0.310 e. The van der Waals surface area contributed by atoms with E-state index in [1.807, 2.05) is 24.3 Å². The second-order valence-electron chi connectivity index (χ2n) is 16.4. The number of azo groups is 1. The second kappa shape index (κ2) is 13.9. The predicted molar refractivity (Wildman–Crippen MR) is 242 cm³/mol. The number of para-hydroxylation sites is 2. The van der Waals surface area contributed by atoms with Gasteiger partial charge >= 0.3 is 0 Å². The number of hydrogen-bond acceptors (Lipinski definition) is 4. The van der Waals surface area contributed by atoms with E-state index in [1.54, 1.807) is 0 Å². The van der Waals surface area contributed by atoms with Gasteiger partial charge in [-0.3, -0.25) is 0 Å². The van der Waals surface area contributed by atoms with Crippen molar-refractivity contribution >= 4 is 45.5 Å². The fourth-order valence-electron chi connectivity index (χ4n) is 9.16. The normalized spacial score (nSPS) is 14.1. The van der Waals surface area contributed by atoms with Crippen LogP contribution in [0.4, 0.5) is 45.5 Å². The third-order valence-corrected chi connectivity index (χ3v) is 12.2. The quantitative estimate of drug-likeness (QED) is 0.145. The molecule has 8 aromatic carbocycles. The highest BCUT2D eigenvalue weighted by atomic mass is 15.2. The minimum absolute atomic E-state index is 0.0847. The fraction of sp³-hybridized carbons (Fsp3) is 0.111. The largest absolute Gasteiger partial charge is 0.310 e. The van der Waals surface area contributed by atoms with Gasteiger partial charge in [0.15, 0.2) is 0 Å². The lowest BCUT2D eigenvalue weighted by atomic mass is 9.82. The molecule has 0 atom stereocenters. The number of nitrogens with zero attached hydrogens (tertiary/aromatic N) is 4. The highest BCUT2D eigenvalue weighted by Gasteiger charge is 2.37. The molecule has 10 rings (SSSR count). The van der Waals surface area contributed by atoms with E-state index in [2.05, 4.69) is 218 Å². The first kappa shape index (κ1) is 35.4. The smallest absolute Gasteiger partial charge is 0.0858 e. The van der Waals surface area contributed by atoms with Gasteiger partial charge in [0.05, 0.1) is 11.4 Å². The van der Waals surface area contributed by atoms with Crippen molar-refractivity contribution < 1.29 is 0 Å². The van der Waals surface area contributed by atoms with Crippen molar-refractivity contribution in [1.29, 1.82) is 0 Å². The van der Waals surface area contributed by atoms with Gasteiger partial charge in [-0.2, -0.15) is 10.2 Å². The lowest BCUT2D eigenvalue weighted by Crippen LogP contribution is -2.16. The van der Waals surface area contributed by atoms with Crippen molar-refractivity contribution in [2.45, 2.75) is 38.5 Å². The van der Waals surface area contributed by atoms with E-state index < -0.39 is 0 Å². The molecule has 0 saturated heterocycles. The van der Waals surface area contributed by atoms with E-state index in [1.165, 1.54) is 44.5 Å². The van der Waals surface area contributed by atoms with Crippen LogP contribution in [-0.2, 0) is 10.8 Å². The average Bonchev–Trinajstić information content (AvgIpc) is 3.64. The lowest BCUT2D eigenvalue weighted by Gasteiger charge is -2.28. The maximum absolute atomic E-state index is 4.67. The van der Waals surface area contributed by atoms with Crippen molar-refractivity contribution in [3.05, 3.63) is 216 Å². The van der Waals surface area contributed by atoms with Crippen LogP contribution >= 0.6 is 0 Å². The summed E-state index contributed by atoms with van der Waals surface area (Å²) in [7, 11) is 0. The summed E-state index contributed by atoms with van der Waals surface area (Å²) in [5.41, 5.74) is 18.7. The maximum Gasteiger partial charge on any atom is 0.0858 e. The van der Waals surface area contributed by atoms with E-state index in [9.17, 15) is 0 Å². The standard InChI is InChI=1S/C54H44N4/c1-53(2)49-21-13-11-19-45(49)47-33-31-43(35-51(47)53)57(39-15-7-5-8-16-39)41-27-23-37(24-28-41)55-56-38-25-29-42(30-26-38)58(40-17-9-6-10-18-40)44-32-34-48-46-20-12-14-22-50(46)54(3,4)52(48)36-44/h5-36H,1-4H3. The van der Waals surface area contributed by atoms with Crippen LogP contribution in [0.2, 0.25) is 0 Å². The van der Waals surface area contributed by atoms with E-state index in [0.29, 0.717) is 0 Å². The Morgan fingerprint density at radius 1 is 0.293 bits per heavy atom. The first-order chi connectivity index (χ1) is 28.3. The van der Waals surface area contributed by atoms with E-state index in [0.717, 1.165) is 45.5 Å². The Hall–Kier alpha value is -7.04. The Kier molecular flexibility index (Phi) is 8.45. The molecule has 0 aromatic heterocycles. The third kappa shape index (κ3) is 5.92. The summed E-state index contributed by atoms with van der Waals surface area (Å²) in [6.45, 7) is 9.31. The van der Waals surface area contributed by atoms with Crippen LogP contribution in [0.15, 0.2) is 204 Å². The molecule has 4 heteroatoms. The van der Waals surface area contributed by atoms with Crippen LogP contribution in [0.5, 0.6) is 0 Å². The summed E-state index contributed by atoms with van der Waals surface area (Å²) < 4.78 is 0. The van der Waals surface area contributed by atoms with Crippen molar-refractivity contribution in [1.82, 2.24) is 0 Å². The van der Waals surface area contributed by atoms with Gasteiger partial charge < -0.3 is 9.80 Å². The molecule has 0 spiro atoms. The van der Waals surface area contributed by atoms with E-state index >= 15 is 0 Å². The highest BCUT2D eigenvalue weighted by Crippen LogP contribution is 2.52.